The Morgan fingerprint density at radius 3 is 2.48 bits per heavy atom. The molecule has 0 bridgehead atoms. The molecule has 1 amide bonds. The molecule has 5 heteroatoms. The van der Waals surface area contributed by atoms with Gasteiger partial charge in [-0.3, -0.25) is 4.79 Å². The average Bonchev–Trinajstić information content (AvgIpc) is 2.66. The zero-order chi connectivity index (χ0) is 17.5. The monoisotopic (exact) mass is 402 g/mol. The number of benzene rings is 2. The topological polar surface area (TPSA) is 32.8 Å². The normalized spacial score (nSPS) is 14.4. The number of halogens is 1. The highest BCUT2D eigenvalue weighted by Gasteiger charge is 2.20. The largest absolute Gasteiger partial charge is 0.494 e. The van der Waals surface area contributed by atoms with Crippen molar-refractivity contribution < 1.29 is 9.53 Å². The number of para-hydroxylation sites is 1. The van der Waals surface area contributed by atoms with Crippen molar-refractivity contribution in [3.63, 3.8) is 0 Å². The van der Waals surface area contributed by atoms with E-state index in [9.17, 15) is 4.79 Å². The fourth-order valence-corrected chi connectivity index (χ4v) is 3.36. The summed E-state index contributed by atoms with van der Waals surface area (Å²) in [6.07, 6.45) is 1.28. The molecule has 2 aromatic carbocycles. The Labute approximate surface area is 157 Å². The highest BCUT2D eigenvalue weighted by Crippen LogP contribution is 2.18. The molecule has 1 heterocycles. The first kappa shape index (κ1) is 17.8. The highest BCUT2D eigenvalue weighted by atomic mass is 79.9. The van der Waals surface area contributed by atoms with E-state index in [1.54, 1.807) is 0 Å². The molecule has 0 atom stereocenters. The van der Waals surface area contributed by atoms with Crippen LogP contribution in [-0.2, 0) is 4.79 Å². The maximum Gasteiger partial charge on any atom is 0.222 e. The molecule has 0 N–H and O–H groups in total. The third-order valence-corrected chi connectivity index (χ3v) is 4.85. The summed E-state index contributed by atoms with van der Waals surface area (Å²) in [4.78, 5) is 16.7. The molecular weight excluding hydrogens is 380 g/mol. The molecule has 132 valence electrons. The molecule has 0 radical (unpaired) electrons. The summed E-state index contributed by atoms with van der Waals surface area (Å²) in [7, 11) is 0. The quantitative estimate of drug-likeness (QED) is 0.685. The maximum absolute atomic E-state index is 12.4. The van der Waals surface area contributed by atoms with Crippen molar-refractivity contribution in [1.29, 1.82) is 0 Å². The van der Waals surface area contributed by atoms with E-state index in [-0.39, 0.29) is 5.91 Å². The van der Waals surface area contributed by atoms with Gasteiger partial charge in [0.25, 0.3) is 0 Å². The molecule has 1 aliphatic rings. The van der Waals surface area contributed by atoms with E-state index in [0.29, 0.717) is 13.0 Å². The fraction of sp³-hybridized carbons (Fsp3) is 0.350. The Morgan fingerprint density at radius 1 is 1.00 bits per heavy atom. The van der Waals surface area contributed by atoms with Gasteiger partial charge >= 0.3 is 0 Å². The predicted molar refractivity (Wildman–Crippen MR) is 104 cm³/mol. The second-order valence-corrected chi connectivity index (χ2v) is 7.03. The van der Waals surface area contributed by atoms with Gasteiger partial charge in [0, 0.05) is 42.8 Å². The smallest absolute Gasteiger partial charge is 0.222 e. The molecule has 0 unspecified atom stereocenters. The lowest BCUT2D eigenvalue weighted by Crippen LogP contribution is -2.48. The van der Waals surface area contributed by atoms with Gasteiger partial charge in [-0.1, -0.05) is 40.2 Å². The molecule has 1 saturated heterocycles. The van der Waals surface area contributed by atoms with Gasteiger partial charge in [0.15, 0.2) is 0 Å². The van der Waals surface area contributed by atoms with Gasteiger partial charge < -0.3 is 14.5 Å². The zero-order valence-corrected chi connectivity index (χ0v) is 15.8. The van der Waals surface area contributed by atoms with E-state index in [1.165, 1.54) is 5.69 Å². The summed E-state index contributed by atoms with van der Waals surface area (Å²) in [5, 5.41) is 0. The van der Waals surface area contributed by atoms with E-state index in [1.807, 2.05) is 35.2 Å². The lowest BCUT2D eigenvalue weighted by molar-refractivity contribution is -0.131. The Bertz CT molecular complexity index is 685. The molecule has 1 aliphatic heterocycles. The van der Waals surface area contributed by atoms with Crippen molar-refractivity contribution in [2.75, 3.05) is 37.7 Å². The molecule has 1 fully saturated rings. The molecule has 4 nitrogen and oxygen atoms in total. The molecule has 0 spiro atoms. The minimum absolute atomic E-state index is 0.227. The average molecular weight is 403 g/mol. The van der Waals surface area contributed by atoms with Gasteiger partial charge in [0.05, 0.1) is 6.61 Å². The van der Waals surface area contributed by atoms with Gasteiger partial charge in [-0.05, 0) is 36.8 Å². The molecule has 0 aliphatic carbocycles. The summed E-state index contributed by atoms with van der Waals surface area (Å²) in [6.45, 7) is 3.93. The molecule has 0 aromatic heterocycles. The summed E-state index contributed by atoms with van der Waals surface area (Å²) in [5.74, 6) is 1.06. The third-order valence-electron chi connectivity index (χ3n) is 4.35. The van der Waals surface area contributed by atoms with E-state index in [2.05, 4.69) is 45.1 Å². The van der Waals surface area contributed by atoms with Crippen molar-refractivity contribution in [2.24, 2.45) is 0 Å². The van der Waals surface area contributed by atoms with Crippen LogP contribution in [-0.4, -0.2) is 43.6 Å². The number of amides is 1. The zero-order valence-electron chi connectivity index (χ0n) is 14.2. The van der Waals surface area contributed by atoms with Crippen molar-refractivity contribution in [3.05, 3.63) is 59.1 Å². The summed E-state index contributed by atoms with van der Waals surface area (Å²) in [6, 6.07) is 18.1. The molecular formula is C20H23BrN2O2. The number of carbonyl (C=O) groups excluding carboxylic acids is 1. The van der Waals surface area contributed by atoms with Crippen molar-refractivity contribution in [1.82, 2.24) is 4.90 Å². The second kappa shape index (κ2) is 8.90. The van der Waals surface area contributed by atoms with Crippen molar-refractivity contribution in [3.8, 4) is 5.75 Å². The number of ether oxygens (including phenoxy) is 1. The van der Waals surface area contributed by atoms with Gasteiger partial charge in [0.1, 0.15) is 5.75 Å². The van der Waals surface area contributed by atoms with Crippen LogP contribution >= 0.6 is 15.9 Å². The van der Waals surface area contributed by atoms with Crippen LogP contribution in [0.2, 0.25) is 0 Å². The van der Waals surface area contributed by atoms with Gasteiger partial charge in [-0.15, -0.1) is 0 Å². The molecule has 2 aromatic rings. The van der Waals surface area contributed by atoms with Crippen LogP contribution < -0.4 is 9.64 Å². The first-order valence-corrected chi connectivity index (χ1v) is 9.48. The molecule has 0 saturated carbocycles. The van der Waals surface area contributed by atoms with Crippen LogP contribution in [0.15, 0.2) is 59.1 Å². The van der Waals surface area contributed by atoms with Gasteiger partial charge in [0.2, 0.25) is 5.91 Å². The van der Waals surface area contributed by atoms with Crippen LogP contribution in [0.25, 0.3) is 0 Å². The highest BCUT2D eigenvalue weighted by molar-refractivity contribution is 9.10. The van der Waals surface area contributed by atoms with Gasteiger partial charge in [-0.2, -0.15) is 0 Å². The molecule has 25 heavy (non-hydrogen) atoms. The van der Waals surface area contributed by atoms with Crippen LogP contribution in [0.4, 0.5) is 5.69 Å². The second-order valence-electron chi connectivity index (χ2n) is 6.11. The Hall–Kier alpha value is -2.01. The SMILES string of the molecule is O=C(CCCOc1cccc(Br)c1)N1CCN(c2ccccc2)CC1. The standard InChI is InChI=1S/C20H23BrN2O2/c21-17-6-4-9-19(16-17)25-15-5-10-20(24)23-13-11-22(12-14-23)18-7-2-1-3-8-18/h1-4,6-9,16H,5,10-15H2. The summed E-state index contributed by atoms with van der Waals surface area (Å²) in [5.41, 5.74) is 1.23. The van der Waals surface area contributed by atoms with Crippen molar-refractivity contribution >= 4 is 27.5 Å². The first-order valence-electron chi connectivity index (χ1n) is 8.68. The van der Waals surface area contributed by atoms with E-state index in [0.717, 1.165) is 42.8 Å². The first-order chi connectivity index (χ1) is 12.2. The number of hydrogen-bond donors (Lipinski definition) is 0. The molecule has 3 rings (SSSR count). The van der Waals surface area contributed by atoms with E-state index < -0.39 is 0 Å². The maximum atomic E-state index is 12.4. The van der Waals surface area contributed by atoms with Crippen LogP contribution in [0.1, 0.15) is 12.8 Å². The Balaban J connectivity index is 1.37. The number of rotatable bonds is 6. The lowest BCUT2D eigenvalue weighted by atomic mass is 10.2. The van der Waals surface area contributed by atoms with Crippen molar-refractivity contribution in [2.45, 2.75) is 12.8 Å². The van der Waals surface area contributed by atoms with Crippen LogP contribution in [0.3, 0.4) is 0 Å². The van der Waals surface area contributed by atoms with Crippen LogP contribution in [0, 0.1) is 0 Å². The fourth-order valence-electron chi connectivity index (χ4n) is 2.98. The number of piperazine rings is 1. The van der Waals surface area contributed by atoms with E-state index >= 15 is 0 Å². The number of nitrogens with zero attached hydrogens (tertiary/aromatic N) is 2. The number of anilines is 1. The Morgan fingerprint density at radius 2 is 1.76 bits per heavy atom. The van der Waals surface area contributed by atoms with E-state index in [4.69, 9.17) is 4.74 Å². The number of carbonyl (C=O) groups is 1. The lowest BCUT2D eigenvalue weighted by Gasteiger charge is -2.36. The van der Waals surface area contributed by atoms with Crippen LogP contribution in [0.5, 0.6) is 5.75 Å². The summed E-state index contributed by atoms with van der Waals surface area (Å²) >= 11 is 3.42. The minimum Gasteiger partial charge on any atom is -0.494 e. The Kier molecular flexibility index (Phi) is 6.34. The summed E-state index contributed by atoms with van der Waals surface area (Å²) < 4.78 is 6.69. The predicted octanol–water partition coefficient (Wildman–Crippen LogP) is 3.96. The minimum atomic E-state index is 0.227. The third kappa shape index (κ3) is 5.23. The van der Waals surface area contributed by atoms with Gasteiger partial charge in [-0.25, -0.2) is 0 Å². The number of hydrogen-bond acceptors (Lipinski definition) is 3.